The molecule has 1 rings (SSSR count). The van der Waals surface area contributed by atoms with E-state index in [0.29, 0.717) is 13.9 Å². The van der Waals surface area contributed by atoms with Crippen LogP contribution in [0.25, 0.3) is 0 Å². The van der Waals surface area contributed by atoms with Crippen LogP contribution in [0.3, 0.4) is 0 Å². The van der Waals surface area contributed by atoms with Crippen molar-refractivity contribution in [2.75, 3.05) is 0 Å². The summed E-state index contributed by atoms with van der Waals surface area (Å²) in [6.07, 6.45) is 0. The monoisotopic (exact) mass is 222 g/mol. The molecule has 0 spiro atoms. The second kappa shape index (κ2) is 2.65. The van der Waals surface area contributed by atoms with Gasteiger partial charge < -0.3 is 0 Å². The Morgan fingerprint density at radius 1 is 1.78 bits per heavy atom. The van der Waals surface area contributed by atoms with Crippen LogP contribution in [0.2, 0.25) is 4.47 Å². The molecule has 2 nitrogen and oxygen atoms in total. The van der Waals surface area contributed by atoms with Crippen LogP contribution in [0, 0.1) is 11.3 Å². The van der Waals surface area contributed by atoms with E-state index in [1.54, 1.807) is 0 Å². The first-order valence-corrected chi connectivity index (χ1v) is 3.94. The topological polar surface area (TPSA) is 36.7 Å². The summed E-state index contributed by atoms with van der Waals surface area (Å²) in [5.74, 6) is 0. The van der Waals surface area contributed by atoms with Crippen LogP contribution in [0.1, 0.15) is 4.88 Å². The van der Waals surface area contributed by atoms with E-state index in [-0.39, 0.29) is 0 Å². The lowest BCUT2D eigenvalue weighted by Gasteiger charge is -1.71. The van der Waals surface area contributed by atoms with Crippen molar-refractivity contribution in [3.8, 4) is 6.07 Å². The van der Waals surface area contributed by atoms with Crippen molar-refractivity contribution in [3.05, 3.63) is 13.9 Å². The van der Waals surface area contributed by atoms with Crippen molar-refractivity contribution in [3.63, 3.8) is 0 Å². The van der Waals surface area contributed by atoms with Crippen molar-refractivity contribution >= 4 is 38.9 Å². The third-order valence-electron chi connectivity index (χ3n) is 0.661. The molecule has 0 radical (unpaired) electrons. The zero-order chi connectivity index (χ0) is 6.85. The van der Waals surface area contributed by atoms with Gasteiger partial charge in [-0.15, -0.1) is 0 Å². The Labute approximate surface area is 69.2 Å². The van der Waals surface area contributed by atoms with Gasteiger partial charge in [0.15, 0.2) is 4.47 Å². The third-order valence-corrected chi connectivity index (χ3v) is 2.56. The number of aromatic nitrogens is 1. The molecule has 0 aliphatic carbocycles. The summed E-state index contributed by atoms with van der Waals surface area (Å²) in [7, 11) is 0. The summed E-state index contributed by atoms with van der Waals surface area (Å²) >= 11 is 9.70. The number of thiazole rings is 1. The highest BCUT2D eigenvalue weighted by Crippen LogP contribution is 2.25. The van der Waals surface area contributed by atoms with Gasteiger partial charge in [-0.05, 0) is 15.9 Å². The first-order valence-electron chi connectivity index (χ1n) is 1.96. The summed E-state index contributed by atoms with van der Waals surface area (Å²) in [5.41, 5.74) is 0. The number of rotatable bonds is 0. The molecule has 0 atom stereocenters. The van der Waals surface area contributed by atoms with Crippen molar-refractivity contribution < 1.29 is 0 Å². The van der Waals surface area contributed by atoms with Gasteiger partial charge in [-0.1, -0.05) is 22.9 Å². The van der Waals surface area contributed by atoms with Gasteiger partial charge in [-0.2, -0.15) is 5.26 Å². The van der Waals surface area contributed by atoms with Crippen LogP contribution in [-0.2, 0) is 0 Å². The molecule has 46 valence electrons. The maximum Gasteiger partial charge on any atom is 0.185 e. The summed E-state index contributed by atoms with van der Waals surface area (Å²) in [5, 5.41) is 8.36. The fourth-order valence-electron chi connectivity index (χ4n) is 0.346. The highest BCUT2D eigenvalue weighted by Gasteiger charge is 2.04. The molecule has 0 saturated heterocycles. The van der Waals surface area contributed by atoms with Gasteiger partial charge in [0.25, 0.3) is 0 Å². The van der Waals surface area contributed by atoms with Gasteiger partial charge in [0.05, 0.1) is 0 Å². The SMILES string of the molecule is N#Cc1sc(Cl)nc1Br. The Kier molecular flexibility index (Phi) is 2.06. The summed E-state index contributed by atoms with van der Waals surface area (Å²) < 4.78 is 0.915. The molecule has 0 bridgehead atoms. The van der Waals surface area contributed by atoms with E-state index >= 15 is 0 Å². The van der Waals surface area contributed by atoms with E-state index in [2.05, 4.69) is 20.9 Å². The molecule has 1 aromatic rings. The molecule has 5 heteroatoms. The van der Waals surface area contributed by atoms with Crippen LogP contribution in [0.4, 0.5) is 0 Å². The predicted octanol–water partition coefficient (Wildman–Crippen LogP) is 2.43. The average molecular weight is 223 g/mol. The van der Waals surface area contributed by atoms with Gasteiger partial charge in [-0.25, -0.2) is 4.98 Å². The van der Waals surface area contributed by atoms with Crippen LogP contribution in [0.15, 0.2) is 4.60 Å². The second-order valence-corrected chi connectivity index (χ2v) is 3.53. The number of nitrogens with zero attached hydrogens (tertiary/aromatic N) is 2. The Hall–Kier alpha value is -0.110. The average Bonchev–Trinajstić information content (AvgIpc) is 2.10. The van der Waals surface area contributed by atoms with Gasteiger partial charge >= 0.3 is 0 Å². The minimum Gasteiger partial charge on any atom is -0.216 e. The van der Waals surface area contributed by atoms with E-state index in [1.807, 2.05) is 6.07 Å². The highest BCUT2D eigenvalue weighted by atomic mass is 79.9. The minimum absolute atomic E-state index is 0.387. The minimum atomic E-state index is 0.387. The van der Waals surface area contributed by atoms with Crippen molar-refractivity contribution in [2.24, 2.45) is 0 Å². The molecule has 0 fully saturated rings. The van der Waals surface area contributed by atoms with E-state index in [4.69, 9.17) is 16.9 Å². The molecule has 1 heterocycles. The Balaban J connectivity index is 3.20. The van der Waals surface area contributed by atoms with Gasteiger partial charge in [0.1, 0.15) is 15.5 Å². The van der Waals surface area contributed by atoms with Gasteiger partial charge in [0.2, 0.25) is 0 Å². The third kappa shape index (κ3) is 1.42. The Morgan fingerprint density at radius 3 is 2.67 bits per heavy atom. The van der Waals surface area contributed by atoms with E-state index in [9.17, 15) is 0 Å². The predicted molar refractivity (Wildman–Crippen MR) is 39.5 cm³/mol. The molecule has 0 N–H and O–H groups in total. The standard InChI is InChI=1S/C4BrClN2S/c5-3-2(1-7)9-4(6)8-3. The quantitative estimate of drug-likeness (QED) is 0.677. The lowest BCUT2D eigenvalue weighted by molar-refractivity contribution is 1.35. The lowest BCUT2D eigenvalue weighted by atomic mass is 10.6. The molecular formula is C4BrClN2S. The van der Waals surface area contributed by atoms with Crippen LogP contribution in [0.5, 0.6) is 0 Å². The molecule has 0 aromatic carbocycles. The fraction of sp³-hybridized carbons (Fsp3) is 0. The summed E-state index contributed by atoms with van der Waals surface area (Å²) in [6.45, 7) is 0. The zero-order valence-electron chi connectivity index (χ0n) is 4.06. The zero-order valence-corrected chi connectivity index (χ0v) is 7.22. The smallest absolute Gasteiger partial charge is 0.185 e. The molecule has 0 saturated carbocycles. The normalized spacial score (nSPS) is 9.00. The van der Waals surface area contributed by atoms with E-state index in [1.165, 1.54) is 0 Å². The lowest BCUT2D eigenvalue weighted by Crippen LogP contribution is -1.64. The fourth-order valence-corrected chi connectivity index (χ4v) is 1.87. The second-order valence-electron chi connectivity index (χ2n) is 1.20. The number of hydrogen-bond acceptors (Lipinski definition) is 3. The Bertz CT molecular complexity index is 264. The number of halogens is 2. The Morgan fingerprint density at radius 2 is 2.44 bits per heavy atom. The summed E-state index contributed by atoms with van der Waals surface area (Å²) in [4.78, 5) is 4.27. The van der Waals surface area contributed by atoms with Crippen LogP contribution >= 0.6 is 38.9 Å². The van der Waals surface area contributed by atoms with Gasteiger partial charge in [-0.3, -0.25) is 0 Å². The first kappa shape index (κ1) is 7.00. The molecule has 0 aliphatic rings. The molecule has 0 amide bonds. The summed E-state index contributed by atoms with van der Waals surface area (Å²) in [6, 6.07) is 1.94. The van der Waals surface area contributed by atoms with Crippen molar-refractivity contribution in [1.82, 2.24) is 4.98 Å². The maximum atomic E-state index is 8.36. The number of hydrogen-bond donors (Lipinski definition) is 0. The van der Waals surface area contributed by atoms with Crippen molar-refractivity contribution in [2.45, 2.75) is 0 Å². The van der Waals surface area contributed by atoms with Crippen LogP contribution in [-0.4, -0.2) is 4.98 Å². The molecule has 9 heavy (non-hydrogen) atoms. The van der Waals surface area contributed by atoms with Crippen LogP contribution < -0.4 is 0 Å². The molecule has 0 aliphatic heterocycles. The highest BCUT2D eigenvalue weighted by molar-refractivity contribution is 9.10. The van der Waals surface area contributed by atoms with E-state index in [0.717, 1.165) is 11.3 Å². The molecule has 0 unspecified atom stereocenters. The first-order chi connectivity index (χ1) is 4.24. The molecule has 1 aromatic heterocycles. The van der Waals surface area contributed by atoms with E-state index < -0.39 is 0 Å². The van der Waals surface area contributed by atoms with Gasteiger partial charge in [0, 0.05) is 0 Å². The van der Waals surface area contributed by atoms with Crippen molar-refractivity contribution in [1.29, 1.82) is 5.26 Å². The number of nitriles is 1. The maximum absolute atomic E-state index is 8.36. The molecular weight excluding hydrogens is 223 g/mol. The largest absolute Gasteiger partial charge is 0.216 e.